The Kier molecular flexibility index (Phi) is 9.31. The zero-order valence-corrected chi connectivity index (χ0v) is 27.7. The van der Waals surface area contributed by atoms with E-state index in [-0.39, 0.29) is 38.7 Å². The number of morpholine rings is 1. The molecule has 2 aliphatic rings. The van der Waals surface area contributed by atoms with Gasteiger partial charge in [0.15, 0.2) is 0 Å². The van der Waals surface area contributed by atoms with Crippen LogP contribution in [0, 0.1) is 5.82 Å². The zero-order valence-electron chi connectivity index (χ0n) is 26.9. The number of halogens is 1. The van der Waals surface area contributed by atoms with Crippen molar-refractivity contribution in [2.75, 3.05) is 62.7 Å². The van der Waals surface area contributed by atoms with Crippen LogP contribution in [0.1, 0.15) is 6.92 Å². The lowest BCUT2D eigenvalue weighted by Gasteiger charge is -2.33. The first-order chi connectivity index (χ1) is 23.8. The van der Waals surface area contributed by atoms with Crippen LogP contribution in [-0.2, 0) is 21.1 Å². The summed E-state index contributed by atoms with van der Waals surface area (Å²) in [6.07, 6.45) is 5.68. The van der Waals surface area contributed by atoms with Gasteiger partial charge in [-0.05, 0) is 55.5 Å². The van der Waals surface area contributed by atoms with Crippen LogP contribution >= 0.6 is 0 Å². The number of pyridine rings is 3. The first kappa shape index (κ1) is 32.7. The molecule has 1 atom stereocenters. The second-order valence-corrected chi connectivity index (χ2v) is 14.0. The van der Waals surface area contributed by atoms with Crippen LogP contribution in [0.15, 0.2) is 87.9 Å². The Hall–Kier alpha value is -4.83. The first-order valence-corrected chi connectivity index (χ1v) is 17.6. The molecule has 15 heteroatoms. The maximum atomic E-state index is 15.3. The quantitative estimate of drug-likeness (QED) is 0.235. The number of ether oxygens (including phenoxy) is 1. The molecule has 0 saturated carbocycles. The van der Waals surface area contributed by atoms with Gasteiger partial charge in [-0.15, -0.1) is 0 Å². The van der Waals surface area contributed by atoms with E-state index in [1.54, 1.807) is 29.0 Å². The van der Waals surface area contributed by atoms with Crippen LogP contribution in [0.25, 0.3) is 22.3 Å². The third kappa shape index (κ3) is 7.01. The molecule has 254 valence electrons. The van der Waals surface area contributed by atoms with Crippen molar-refractivity contribution < 1.29 is 17.5 Å². The Morgan fingerprint density at radius 3 is 2.53 bits per heavy atom. The maximum absolute atomic E-state index is 15.3. The van der Waals surface area contributed by atoms with Gasteiger partial charge in [-0.1, -0.05) is 0 Å². The van der Waals surface area contributed by atoms with E-state index in [4.69, 9.17) is 9.72 Å². The molecule has 4 aromatic heterocycles. The van der Waals surface area contributed by atoms with Gasteiger partial charge in [-0.2, -0.15) is 4.98 Å². The van der Waals surface area contributed by atoms with Crippen molar-refractivity contribution in [2.45, 2.75) is 29.3 Å². The van der Waals surface area contributed by atoms with Crippen molar-refractivity contribution in [2.24, 2.45) is 0 Å². The molecule has 2 aliphatic heterocycles. The summed E-state index contributed by atoms with van der Waals surface area (Å²) in [5.74, 6) is -0.134. The average molecular weight is 686 g/mol. The molecule has 0 aliphatic carbocycles. The minimum Gasteiger partial charge on any atom is -0.379 e. The molecular formula is C34H36FN9O4S. The van der Waals surface area contributed by atoms with Gasteiger partial charge >= 0.3 is 0 Å². The molecule has 0 spiro atoms. The van der Waals surface area contributed by atoms with Crippen LogP contribution in [-0.4, -0.2) is 96.3 Å². The number of benzene rings is 1. The monoisotopic (exact) mass is 685 g/mol. The van der Waals surface area contributed by atoms with Crippen molar-refractivity contribution in [3.05, 3.63) is 89.5 Å². The fraction of sp³-hybridized carbons (Fsp3) is 0.324. The Labute approximate surface area is 282 Å². The molecule has 2 fully saturated rings. The molecule has 0 amide bonds. The number of hydrogen-bond donors (Lipinski definition) is 2. The molecule has 49 heavy (non-hydrogen) atoms. The lowest BCUT2D eigenvalue weighted by atomic mass is 10.1. The van der Waals surface area contributed by atoms with Crippen LogP contribution in [0.2, 0.25) is 0 Å². The second-order valence-electron chi connectivity index (χ2n) is 12.1. The van der Waals surface area contributed by atoms with E-state index in [9.17, 15) is 13.2 Å². The summed E-state index contributed by atoms with van der Waals surface area (Å²) < 4.78 is 48.5. The minimum absolute atomic E-state index is 0.00176. The third-order valence-corrected chi connectivity index (χ3v) is 10.5. The molecule has 2 N–H and O–H groups in total. The minimum atomic E-state index is -3.81. The van der Waals surface area contributed by atoms with E-state index in [0.29, 0.717) is 61.0 Å². The normalized spacial score (nSPS) is 17.3. The summed E-state index contributed by atoms with van der Waals surface area (Å²) in [5.41, 5.74) is 1.70. The van der Waals surface area contributed by atoms with Gasteiger partial charge < -0.3 is 20.3 Å². The third-order valence-electron chi connectivity index (χ3n) is 8.77. The Bertz CT molecular complexity index is 2130. The summed E-state index contributed by atoms with van der Waals surface area (Å²) in [6.45, 7) is 7.95. The van der Waals surface area contributed by atoms with Gasteiger partial charge in [0.05, 0.1) is 39.9 Å². The van der Waals surface area contributed by atoms with Crippen molar-refractivity contribution in [1.29, 1.82) is 0 Å². The highest BCUT2D eigenvalue weighted by Gasteiger charge is 2.22. The molecule has 2 saturated heterocycles. The summed E-state index contributed by atoms with van der Waals surface area (Å²) in [6, 6.07) is 12.7. The molecule has 7 rings (SSSR count). The van der Waals surface area contributed by atoms with Crippen LogP contribution in [0.5, 0.6) is 0 Å². The summed E-state index contributed by atoms with van der Waals surface area (Å²) >= 11 is 0. The Morgan fingerprint density at radius 1 is 0.980 bits per heavy atom. The van der Waals surface area contributed by atoms with Crippen molar-refractivity contribution in [3.63, 3.8) is 0 Å². The number of nitrogens with zero attached hydrogens (tertiary/aromatic N) is 7. The van der Waals surface area contributed by atoms with Gasteiger partial charge in [-0.3, -0.25) is 24.2 Å². The highest BCUT2D eigenvalue weighted by Crippen LogP contribution is 2.27. The smallest absolute Gasteiger partial charge is 0.261 e. The summed E-state index contributed by atoms with van der Waals surface area (Å²) in [4.78, 5) is 35.9. The average Bonchev–Trinajstić information content (AvgIpc) is 3.12. The topological polar surface area (TPSA) is 147 Å². The van der Waals surface area contributed by atoms with E-state index < -0.39 is 9.84 Å². The number of rotatable bonds is 9. The highest BCUT2D eigenvalue weighted by atomic mass is 32.2. The van der Waals surface area contributed by atoms with E-state index in [0.717, 1.165) is 26.2 Å². The number of fused-ring (bicyclic) bond motifs is 1. The number of anilines is 3. The summed E-state index contributed by atoms with van der Waals surface area (Å²) in [5, 5.41) is 7.06. The van der Waals surface area contributed by atoms with Crippen LogP contribution in [0.4, 0.5) is 21.7 Å². The predicted octanol–water partition coefficient (Wildman–Crippen LogP) is 3.09. The fourth-order valence-corrected chi connectivity index (χ4v) is 7.34. The number of nitrogens with one attached hydrogen (secondary N) is 2. The molecule has 1 unspecified atom stereocenters. The van der Waals surface area contributed by atoms with Gasteiger partial charge in [-0.25, -0.2) is 17.8 Å². The standard InChI is InChI=1S/C34H36FN9O4S/c1-23-22-43(11-10-37-23)31-5-2-25(19-29(31)35)40-34-39-20-24-18-28(33(45)44(32(24)41-34)13-12-42-14-16-48-17-15-42)30-4-3-27(21-38-30)49(46,47)26-6-8-36-9-7-26/h2-9,18-21,23,37H,10-17,22H2,1H3,(H,39,40,41). The van der Waals surface area contributed by atoms with Crippen molar-refractivity contribution in [3.8, 4) is 11.3 Å². The van der Waals surface area contributed by atoms with Crippen molar-refractivity contribution in [1.82, 2.24) is 34.7 Å². The van der Waals surface area contributed by atoms with Crippen LogP contribution < -0.4 is 21.1 Å². The van der Waals surface area contributed by atoms with E-state index in [1.165, 1.54) is 48.9 Å². The summed E-state index contributed by atoms with van der Waals surface area (Å²) in [7, 11) is -3.81. The maximum Gasteiger partial charge on any atom is 0.261 e. The molecule has 5 aromatic rings. The highest BCUT2D eigenvalue weighted by molar-refractivity contribution is 7.91. The lowest BCUT2D eigenvalue weighted by molar-refractivity contribution is 0.0364. The number of aromatic nitrogens is 5. The molecule has 13 nitrogen and oxygen atoms in total. The van der Waals surface area contributed by atoms with Gasteiger partial charge in [0.25, 0.3) is 5.56 Å². The van der Waals surface area contributed by atoms with E-state index in [1.807, 2.05) is 4.90 Å². The molecule has 1 aromatic carbocycles. The molecule has 0 bridgehead atoms. The van der Waals surface area contributed by atoms with Crippen LogP contribution in [0.3, 0.4) is 0 Å². The lowest BCUT2D eigenvalue weighted by Crippen LogP contribution is -2.49. The Balaban J connectivity index is 1.21. The molecule has 6 heterocycles. The SMILES string of the molecule is CC1CN(c2ccc(Nc3ncc4cc(-c5ccc(S(=O)(=O)c6ccncc6)cn5)c(=O)n(CCN5CCOCC5)c4n3)cc2F)CCN1. The first-order valence-electron chi connectivity index (χ1n) is 16.1. The van der Waals surface area contributed by atoms with Gasteiger partial charge in [0, 0.05) is 87.7 Å². The van der Waals surface area contributed by atoms with E-state index >= 15 is 4.39 Å². The van der Waals surface area contributed by atoms with Gasteiger partial charge in [0.1, 0.15) is 11.5 Å². The van der Waals surface area contributed by atoms with Crippen molar-refractivity contribution >= 4 is 38.2 Å². The molecular weight excluding hydrogens is 649 g/mol. The largest absolute Gasteiger partial charge is 0.379 e. The number of piperazine rings is 1. The fourth-order valence-electron chi connectivity index (χ4n) is 6.15. The van der Waals surface area contributed by atoms with Gasteiger partial charge in [0.2, 0.25) is 15.8 Å². The second kappa shape index (κ2) is 14.0. The molecule has 0 radical (unpaired) electrons. The predicted molar refractivity (Wildman–Crippen MR) is 183 cm³/mol. The number of hydrogen-bond acceptors (Lipinski definition) is 12. The zero-order chi connectivity index (χ0) is 34.0. The van der Waals surface area contributed by atoms with E-state index in [2.05, 4.69) is 37.4 Å². The number of sulfone groups is 1. The Morgan fingerprint density at radius 2 is 1.80 bits per heavy atom.